The average Bonchev–Trinajstić information content (AvgIpc) is 2.28. The maximum Gasteiger partial charge on any atom is 0.190 e. The highest BCUT2D eigenvalue weighted by Gasteiger charge is 2.10. The number of aromatic amines is 1. The summed E-state index contributed by atoms with van der Waals surface area (Å²) in [7, 11) is 1.62. The zero-order valence-corrected chi connectivity index (χ0v) is 10.6. The fraction of sp³-hybridized carbons (Fsp3) is 0.357. The van der Waals surface area contributed by atoms with Gasteiger partial charge in [-0.2, -0.15) is 0 Å². The van der Waals surface area contributed by atoms with Gasteiger partial charge in [0, 0.05) is 11.8 Å². The number of methoxy groups -OCH3 is 1. The van der Waals surface area contributed by atoms with Crippen molar-refractivity contribution in [3.05, 3.63) is 39.7 Å². The molecule has 0 aliphatic rings. The van der Waals surface area contributed by atoms with E-state index in [4.69, 9.17) is 4.74 Å². The highest BCUT2D eigenvalue weighted by atomic mass is 16.5. The fourth-order valence-corrected chi connectivity index (χ4v) is 2.00. The van der Waals surface area contributed by atoms with Crippen molar-refractivity contribution in [1.82, 2.24) is 4.98 Å². The third kappa shape index (κ3) is 1.93. The van der Waals surface area contributed by atoms with Gasteiger partial charge >= 0.3 is 0 Å². The molecule has 0 atom stereocenters. The molecule has 17 heavy (non-hydrogen) atoms. The summed E-state index contributed by atoms with van der Waals surface area (Å²) in [5.74, 6) is 1.00. The summed E-state index contributed by atoms with van der Waals surface area (Å²) in [5, 5.41) is 0.716. The number of pyridine rings is 1. The number of aryl methyl sites for hydroxylation is 1. The van der Waals surface area contributed by atoms with Crippen molar-refractivity contribution in [2.75, 3.05) is 7.11 Å². The largest absolute Gasteiger partial charge is 0.495 e. The van der Waals surface area contributed by atoms with Crippen molar-refractivity contribution < 1.29 is 4.74 Å². The van der Waals surface area contributed by atoms with E-state index in [1.165, 1.54) is 0 Å². The molecular formula is C14H17NO2. The minimum absolute atomic E-state index is 0.0545. The summed E-state index contributed by atoms with van der Waals surface area (Å²) in [6.45, 7) is 6.05. The first-order valence-electron chi connectivity index (χ1n) is 5.75. The molecule has 0 spiro atoms. The number of hydrogen-bond acceptors (Lipinski definition) is 2. The minimum Gasteiger partial charge on any atom is -0.495 e. The van der Waals surface area contributed by atoms with Crippen LogP contribution in [0.1, 0.15) is 31.0 Å². The van der Waals surface area contributed by atoms with E-state index in [1.54, 1.807) is 13.2 Å². The minimum atomic E-state index is 0.0545. The van der Waals surface area contributed by atoms with E-state index in [9.17, 15) is 4.79 Å². The van der Waals surface area contributed by atoms with E-state index < -0.39 is 0 Å². The Morgan fingerprint density at radius 3 is 2.59 bits per heavy atom. The first kappa shape index (κ1) is 11.7. The third-order valence-electron chi connectivity index (χ3n) is 3.02. The van der Waals surface area contributed by atoms with Crippen LogP contribution in [0.3, 0.4) is 0 Å². The van der Waals surface area contributed by atoms with E-state index in [-0.39, 0.29) is 11.3 Å². The molecule has 1 heterocycles. The highest BCUT2D eigenvalue weighted by molar-refractivity contribution is 5.87. The number of H-pyrrole nitrogens is 1. The smallest absolute Gasteiger partial charge is 0.190 e. The zero-order chi connectivity index (χ0) is 12.6. The second-order valence-corrected chi connectivity index (χ2v) is 4.58. The topological polar surface area (TPSA) is 42.1 Å². The van der Waals surface area contributed by atoms with Crippen LogP contribution in [0.5, 0.6) is 5.75 Å². The van der Waals surface area contributed by atoms with Gasteiger partial charge in [-0.3, -0.25) is 4.79 Å². The molecule has 0 radical (unpaired) electrons. The van der Waals surface area contributed by atoms with Crippen LogP contribution in [0.25, 0.3) is 10.9 Å². The standard InChI is InChI=1S/C14H17NO2/c1-8(2)10-7-11(16)13-9(3)5-6-12(17-4)14(13)15-10/h5-8H,1-4H3,(H,15,16). The summed E-state index contributed by atoms with van der Waals surface area (Å²) in [5.41, 5.74) is 2.76. The van der Waals surface area contributed by atoms with E-state index >= 15 is 0 Å². The van der Waals surface area contributed by atoms with Crippen LogP contribution < -0.4 is 10.2 Å². The number of rotatable bonds is 2. The molecule has 0 fully saturated rings. The lowest BCUT2D eigenvalue weighted by Gasteiger charge is -2.11. The number of nitrogens with one attached hydrogen (secondary N) is 1. The van der Waals surface area contributed by atoms with Crippen molar-refractivity contribution in [3.63, 3.8) is 0 Å². The molecule has 1 N–H and O–H groups in total. The van der Waals surface area contributed by atoms with E-state index in [0.717, 1.165) is 16.8 Å². The van der Waals surface area contributed by atoms with Gasteiger partial charge in [-0.25, -0.2) is 0 Å². The zero-order valence-electron chi connectivity index (χ0n) is 10.6. The van der Waals surface area contributed by atoms with Crippen LogP contribution in [0.15, 0.2) is 23.0 Å². The number of benzene rings is 1. The predicted octanol–water partition coefficient (Wildman–Crippen LogP) is 2.97. The Labute approximate surface area is 100 Å². The molecule has 1 aromatic heterocycles. The molecule has 0 saturated carbocycles. The highest BCUT2D eigenvalue weighted by Crippen LogP contribution is 2.25. The van der Waals surface area contributed by atoms with Crippen molar-refractivity contribution in [1.29, 1.82) is 0 Å². The van der Waals surface area contributed by atoms with Crippen LogP contribution >= 0.6 is 0 Å². The average molecular weight is 231 g/mol. The quantitative estimate of drug-likeness (QED) is 0.863. The van der Waals surface area contributed by atoms with Crippen LogP contribution in [0.4, 0.5) is 0 Å². The van der Waals surface area contributed by atoms with Gasteiger partial charge in [0.1, 0.15) is 5.75 Å². The summed E-state index contributed by atoms with van der Waals surface area (Å²) in [6.07, 6.45) is 0. The number of ether oxygens (including phenoxy) is 1. The Hall–Kier alpha value is -1.77. The molecule has 90 valence electrons. The molecule has 0 unspecified atom stereocenters. The molecule has 2 aromatic rings. The number of fused-ring (bicyclic) bond motifs is 1. The van der Waals surface area contributed by atoms with Crippen molar-refractivity contribution in [3.8, 4) is 5.75 Å². The lowest BCUT2D eigenvalue weighted by Crippen LogP contribution is -2.08. The molecule has 0 aliphatic heterocycles. The Morgan fingerprint density at radius 1 is 1.29 bits per heavy atom. The van der Waals surface area contributed by atoms with Gasteiger partial charge in [-0.1, -0.05) is 19.9 Å². The lowest BCUT2D eigenvalue weighted by atomic mass is 10.0. The van der Waals surface area contributed by atoms with Gasteiger partial charge in [0.15, 0.2) is 5.43 Å². The molecule has 0 amide bonds. The summed E-state index contributed by atoms with van der Waals surface area (Å²) < 4.78 is 5.30. The Bertz CT molecular complexity index is 611. The summed E-state index contributed by atoms with van der Waals surface area (Å²) >= 11 is 0. The van der Waals surface area contributed by atoms with Crippen LogP contribution in [-0.4, -0.2) is 12.1 Å². The monoisotopic (exact) mass is 231 g/mol. The molecule has 0 aliphatic carbocycles. The predicted molar refractivity (Wildman–Crippen MR) is 69.9 cm³/mol. The maximum absolute atomic E-state index is 12.1. The maximum atomic E-state index is 12.1. The Morgan fingerprint density at radius 2 is 2.00 bits per heavy atom. The third-order valence-corrected chi connectivity index (χ3v) is 3.02. The van der Waals surface area contributed by atoms with E-state index in [1.807, 2.05) is 19.1 Å². The fourth-order valence-electron chi connectivity index (χ4n) is 2.00. The van der Waals surface area contributed by atoms with Crippen LogP contribution in [0.2, 0.25) is 0 Å². The second kappa shape index (κ2) is 4.24. The lowest BCUT2D eigenvalue weighted by molar-refractivity contribution is 0.418. The van der Waals surface area contributed by atoms with Crippen molar-refractivity contribution in [2.24, 2.45) is 0 Å². The van der Waals surface area contributed by atoms with E-state index in [0.29, 0.717) is 11.1 Å². The molecule has 0 bridgehead atoms. The summed E-state index contributed by atoms with van der Waals surface area (Å²) in [4.78, 5) is 15.4. The molecule has 0 saturated heterocycles. The molecule has 1 aromatic carbocycles. The molecular weight excluding hydrogens is 214 g/mol. The van der Waals surface area contributed by atoms with Gasteiger partial charge < -0.3 is 9.72 Å². The van der Waals surface area contributed by atoms with Gasteiger partial charge in [0.25, 0.3) is 0 Å². The first-order valence-corrected chi connectivity index (χ1v) is 5.75. The van der Waals surface area contributed by atoms with Crippen LogP contribution in [-0.2, 0) is 0 Å². The SMILES string of the molecule is COc1ccc(C)c2c(=O)cc(C(C)C)[nH]c12. The number of hydrogen-bond donors (Lipinski definition) is 1. The molecule has 3 heteroatoms. The Balaban J connectivity index is 2.90. The van der Waals surface area contributed by atoms with Crippen molar-refractivity contribution in [2.45, 2.75) is 26.7 Å². The molecule has 3 nitrogen and oxygen atoms in total. The van der Waals surface area contributed by atoms with Gasteiger partial charge in [0.05, 0.1) is 18.0 Å². The van der Waals surface area contributed by atoms with Gasteiger partial charge in [-0.05, 0) is 24.5 Å². The van der Waals surface area contributed by atoms with Gasteiger partial charge in [0.2, 0.25) is 0 Å². The Kier molecular flexibility index (Phi) is 2.92. The number of aromatic nitrogens is 1. The van der Waals surface area contributed by atoms with E-state index in [2.05, 4.69) is 18.8 Å². The second-order valence-electron chi connectivity index (χ2n) is 4.58. The van der Waals surface area contributed by atoms with Crippen LogP contribution in [0, 0.1) is 6.92 Å². The normalized spacial score (nSPS) is 11.1. The summed E-state index contributed by atoms with van der Waals surface area (Å²) in [6, 6.07) is 5.47. The first-order chi connectivity index (χ1) is 8.04. The molecule has 2 rings (SSSR count). The van der Waals surface area contributed by atoms with Gasteiger partial charge in [-0.15, -0.1) is 0 Å². The van der Waals surface area contributed by atoms with Crippen molar-refractivity contribution >= 4 is 10.9 Å².